The Morgan fingerprint density at radius 1 is 1.09 bits per heavy atom. The molecule has 0 spiro atoms. The van der Waals surface area contributed by atoms with Gasteiger partial charge in [0.15, 0.2) is 0 Å². The Balaban J connectivity index is 1.79. The molecule has 5 nitrogen and oxygen atoms in total. The Kier molecular flexibility index (Phi) is 4.10. The molecule has 0 unspecified atom stereocenters. The average Bonchev–Trinajstić information content (AvgIpc) is 2.73. The van der Waals surface area contributed by atoms with Gasteiger partial charge in [-0.1, -0.05) is 36.0 Å². The molecule has 1 saturated carbocycles. The van der Waals surface area contributed by atoms with Crippen LogP contribution in [0.2, 0.25) is 10.0 Å². The van der Waals surface area contributed by atoms with E-state index in [1.54, 1.807) is 0 Å². The number of hydrogen-bond acceptors (Lipinski definition) is 3. The van der Waals surface area contributed by atoms with E-state index < -0.39 is 5.91 Å². The molecule has 3 amide bonds. The smallest absolute Gasteiger partial charge is 0.271 e. The lowest BCUT2D eigenvalue weighted by Gasteiger charge is -2.19. The van der Waals surface area contributed by atoms with Gasteiger partial charge in [0.2, 0.25) is 0 Å². The normalized spacial score (nSPS) is 24.4. The first-order valence-corrected chi connectivity index (χ1v) is 7.88. The molecule has 1 N–H and O–H groups in total. The number of fused-ring (bicyclic) bond motifs is 1. The summed E-state index contributed by atoms with van der Waals surface area (Å²) in [4.78, 5) is 36.8. The minimum Gasteiger partial charge on any atom is -0.272 e. The number of nitrogens with zero attached hydrogens (tertiary/aromatic N) is 1. The van der Waals surface area contributed by atoms with E-state index in [4.69, 9.17) is 23.2 Å². The minimum atomic E-state index is -0.595. The van der Waals surface area contributed by atoms with Crippen LogP contribution in [0.1, 0.15) is 36.0 Å². The number of hydrazine groups is 1. The van der Waals surface area contributed by atoms with Gasteiger partial charge in [-0.15, -0.1) is 0 Å². The van der Waals surface area contributed by atoms with E-state index in [-0.39, 0.29) is 34.2 Å². The van der Waals surface area contributed by atoms with Crippen LogP contribution in [0, 0.1) is 11.8 Å². The molecule has 0 radical (unpaired) electrons. The highest BCUT2D eigenvalue weighted by atomic mass is 35.5. The van der Waals surface area contributed by atoms with E-state index in [1.165, 1.54) is 18.2 Å². The molecular weight excluding hydrogens is 327 g/mol. The van der Waals surface area contributed by atoms with Gasteiger partial charge in [-0.2, -0.15) is 5.01 Å². The van der Waals surface area contributed by atoms with Gasteiger partial charge in [0.05, 0.1) is 22.4 Å². The number of nitrogens with one attached hydrogen (secondary N) is 1. The zero-order valence-electron chi connectivity index (χ0n) is 11.6. The zero-order valence-corrected chi connectivity index (χ0v) is 13.2. The summed E-state index contributed by atoms with van der Waals surface area (Å²) in [6, 6.07) is 4.42. The van der Waals surface area contributed by atoms with Gasteiger partial charge >= 0.3 is 0 Å². The van der Waals surface area contributed by atoms with E-state index in [0.29, 0.717) is 17.9 Å². The van der Waals surface area contributed by atoms with Crippen LogP contribution in [0.3, 0.4) is 0 Å². The number of halogens is 2. The molecule has 1 aliphatic heterocycles. The van der Waals surface area contributed by atoms with Crippen molar-refractivity contribution in [3.8, 4) is 0 Å². The molecule has 1 aromatic rings. The van der Waals surface area contributed by atoms with Gasteiger partial charge in [0.1, 0.15) is 0 Å². The third-order valence-corrected chi connectivity index (χ3v) is 4.78. The molecule has 7 heteroatoms. The van der Waals surface area contributed by atoms with Crippen molar-refractivity contribution in [3.63, 3.8) is 0 Å². The molecule has 0 bridgehead atoms. The topological polar surface area (TPSA) is 66.5 Å². The van der Waals surface area contributed by atoms with Crippen molar-refractivity contribution in [2.75, 3.05) is 0 Å². The first kappa shape index (κ1) is 15.3. The Bertz CT molecular complexity index is 638. The number of benzene rings is 1. The van der Waals surface area contributed by atoms with Gasteiger partial charge in [-0.25, -0.2) is 0 Å². The van der Waals surface area contributed by atoms with Crippen LogP contribution in [0.5, 0.6) is 0 Å². The summed E-state index contributed by atoms with van der Waals surface area (Å²) in [5.41, 5.74) is 2.55. The zero-order chi connectivity index (χ0) is 15.9. The molecule has 2 aliphatic rings. The Labute approximate surface area is 137 Å². The highest BCUT2D eigenvalue weighted by molar-refractivity contribution is 6.36. The van der Waals surface area contributed by atoms with Crippen LogP contribution in [-0.4, -0.2) is 22.7 Å². The van der Waals surface area contributed by atoms with Gasteiger partial charge in [-0.3, -0.25) is 19.8 Å². The van der Waals surface area contributed by atoms with E-state index in [9.17, 15) is 14.4 Å². The SMILES string of the molecule is O=C(NN1C(=O)[C@@H]2CCCC[C@H]2C1=O)c1ccc(Cl)cc1Cl. The summed E-state index contributed by atoms with van der Waals surface area (Å²) in [6.45, 7) is 0. The number of hydrogen-bond donors (Lipinski definition) is 1. The number of carbonyl (C=O) groups excluding carboxylic acids is 3. The van der Waals surface area contributed by atoms with Crippen LogP contribution in [0.15, 0.2) is 18.2 Å². The Hall–Kier alpha value is -1.59. The van der Waals surface area contributed by atoms with Crippen molar-refractivity contribution < 1.29 is 14.4 Å². The fourth-order valence-corrected chi connectivity index (χ4v) is 3.60. The minimum absolute atomic E-state index is 0.168. The highest BCUT2D eigenvalue weighted by Gasteiger charge is 2.49. The predicted octanol–water partition coefficient (Wildman–Crippen LogP) is 2.81. The van der Waals surface area contributed by atoms with Crippen molar-refractivity contribution >= 4 is 40.9 Å². The van der Waals surface area contributed by atoms with E-state index >= 15 is 0 Å². The fourth-order valence-electron chi connectivity index (χ4n) is 3.11. The van der Waals surface area contributed by atoms with Crippen molar-refractivity contribution in [3.05, 3.63) is 33.8 Å². The molecule has 1 aromatic carbocycles. The van der Waals surface area contributed by atoms with Crippen LogP contribution in [0.4, 0.5) is 0 Å². The molecule has 22 heavy (non-hydrogen) atoms. The van der Waals surface area contributed by atoms with Gasteiger partial charge in [-0.05, 0) is 31.0 Å². The van der Waals surface area contributed by atoms with Crippen LogP contribution in [-0.2, 0) is 9.59 Å². The van der Waals surface area contributed by atoms with Gasteiger partial charge in [0.25, 0.3) is 17.7 Å². The van der Waals surface area contributed by atoms with Gasteiger partial charge in [0, 0.05) is 5.02 Å². The van der Waals surface area contributed by atoms with Crippen LogP contribution >= 0.6 is 23.2 Å². The quantitative estimate of drug-likeness (QED) is 0.841. The molecule has 2 atom stereocenters. The monoisotopic (exact) mass is 340 g/mol. The summed E-state index contributed by atoms with van der Waals surface area (Å²) < 4.78 is 0. The maximum atomic E-state index is 12.3. The molecule has 3 rings (SSSR count). The molecular formula is C15H14Cl2N2O3. The maximum Gasteiger partial charge on any atom is 0.271 e. The second-order valence-corrected chi connectivity index (χ2v) is 6.42. The van der Waals surface area contributed by atoms with Crippen LogP contribution in [0.25, 0.3) is 0 Å². The summed E-state index contributed by atoms with van der Waals surface area (Å²) in [5.74, 6) is -1.85. The van der Waals surface area contributed by atoms with Crippen molar-refractivity contribution in [1.82, 2.24) is 10.4 Å². The standard InChI is InChI=1S/C15H14Cl2N2O3/c16-8-5-6-11(12(17)7-8)13(20)18-19-14(21)9-3-1-2-4-10(9)15(19)22/h5-7,9-10H,1-4H2,(H,18,20)/t9-,10-/m1/s1. The fraction of sp³-hybridized carbons (Fsp3) is 0.400. The largest absolute Gasteiger partial charge is 0.272 e. The highest BCUT2D eigenvalue weighted by Crippen LogP contribution is 2.37. The third-order valence-electron chi connectivity index (χ3n) is 4.23. The Morgan fingerprint density at radius 3 is 2.23 bits per heavy atom. The lowest BCUT2D eigenvalue weighted by atomic mass is 9.81. The molecule has 2 fully saturated rings. The summed E-state index contributed by atoms with van der Waals surface area (Å²) >= 11 is 11.8. The lowest BCUT2D eigenvalue weighted by molar-refractivity contribution is -0.142. The molecule has 1 heterocycles. The first-order valence-electron chi connectivity index (χ1n) is 7.13. The maximum absolute atomic E-state index is 12.3. The second-order valence-electron chi connectivity index (χ2n) is 5.57. The lowest BCUT2D eigenvalue weighted by Crippen LogP contribution is -2.46. The summed E-state index contributed by atoms with van der Waals surface area (Å²) in [6.07, 6.45) is 3.27. The summed E-state index contributed by atoms with van der Waals surface area (Å²) in [7, 11) is 0. The third kappa shape index (κ3) is 2.59. The second kappa shape index (κ2) is 5.89. The summed E-state index contributed by atoms with van der Waals surface area (Å²) in [5, 5.41) is 1.43. The molecule has 0 aromatic heterocycles. The molecule has 1 aliphatic carbocycles. The van der Waals surface area contributed by atoms with Crippen molar-refractivity contribution in [1.29, 1.82) is 0 Å². The van der Waals surface area contributed by atoms with E-state index in [2.05, 4.69) is 5.43 Å². The van der Waals surface area contributed by atoms with Gasteiger partial charge < -0.3 is 0 Å². The molecule has 1 saturated heterocycles. The number of imide groups is 1. The average molecular weight is 341 g/mol. The predicted molar refractivity (Wildman–Crippen MR) is 81.2 cm³/mol. The first-order chi connectivity index (χ1) is 10.5. The number of rotatable bonds is 2. The van der Waals surface area contributed by atoms with Crippen molar-refractivity contribution in [2.24, 2.45) is 11.8 Å². The van der Waals surface area contributed by atoms with E-state index in [0.717, 1.165) is 17.9 Å². The number of carbonyl (C=O) groups is 3. The molecule has 116 valence electrons. The van der Waals surface area contributed by atoms with Crippen molar-refractivity contribution in [2.45, 2.75) is 25.7 Å². The van der Waals surface area contributed by atoms with E-state index in [1.807, 2.05) is 0 Å². The Morgan fingerprint density at radius 2 is 1.68 bits per heavy atom. The number of amides is 3. The van der Waals surface area contributed by atoms with Crippen LogP contribution < -0.4 is 5.43 Å².